The van der Waals surface area contributed by atoms with Crippen molar-refractivity contribution in [2.75, 3.05) is 6.16 Å². The van der Waals surface area contributed by atoms with Crippen molar-refractivity contribution in [1.82, 2.24) is 0 Å². The summed E-state index contributed by atoms with van der Waals surface area (Å²) in [6.45, 7) is 4.46. The SMILES string of the molecule is CCCCCCCCCCc1ccccc1P(O)(O)(O)CCCCCCCCCC. The van der Waals surface area contributed by atoms with Crippen LogP contribution in [-0.2, 0) is 6.42 Å². The van der Waals surface area contributed by atoms with Crippen LogP contribution in [0.15, 0.2) is 24.3 Å². The summed E-state index contributed by atoms with van der Waals surface area (Å²) in [5.41, 5.74) is 0.910. The molecule has 0 atom stereocenters. The van der Waals surface area contributed by atoms with Crippen LogP contribution >= 0.6 is 7.28 Å². The Morgan fingerprint density at radius 1 is 0.567 bits per heavy atom. The molecule has 1 aromatic rings. The minimum absolute atomic E-state index is 0.0923. The standard InChI is InChI=1S/C26H49O3P/c1-3-5-7-9-11-13-15-17-21-25-22-18-19-23-26(25)30(27,28,29)24-20-16-14-12-10-8-6-4-2/h18-19,22-23,27-29H,3-17,20-21,24H2,1-2H3. The molecule has 0 unspecified atom stereocenters. The zero-order chi connectivity index (χ0) is 22.2. The summed E-state index contributed by atoms with van der Waals surface area (Å²) in [5.74, 6) is 0. The summed E-state index contributed by atoms with van der Waals surface area (Å²) in [4.78, 5) is 32.6. The van der Waals surface area contributed by atoms with Crippen LogP contribution < -0.4 is 5.30 Å². The second-order valence-electron chi connectivity index (χ2n) is 9.20. The van der Waals surface area contributed by atoms with Gasteiger partial charge in [-0.15, -0.1) is 0 Å². The monoisotopic (exact) mass is 440 g/mol. The number of unbranched alkanes of at least 4 members (excludes halogenated alkanes) is 14. The Labute approximate surface area is 186 Å². The Bertz CT molecular complexity index is 551. The third kappa shape index (κ3) is 11.8. The number of hydrogen-bond donors (Lipinski definition) is 3. The summed E-state index contributed by atoms with van der Waals surface area (Å²) in [6.07, 6.45) is 20.0. The van der Waals surface area contributed by atoms with Gasteiger partial charge in [-0.25, -0.2) is 0 Å². The molecule has 3 nitrogen and oxygen atoms in total. The van der Waals surface area contributed by atoms with Gasteiger partial charge in [-0.2, -0.15) is 0 Å². The van der Waals surface area contributed by atoms with Gasteiger partial charge in [0, 0.05) is 0 Å². The van der Waals surface area contributed by atoms with Gasteiger partial charge in [-0.1, -0.05) is 0 Å². The predicted molar refractivity (Wildman–Crippen MR) is 133 cm³/mol. The van der Waals surface area contributed by atoms with Crippen LogP contribution in [0.4, 0.5) is 0 Å². The maximum absolute atomic E-state index is 10.9. The van der Waals surface area contributed by atoms with Gasteiger partial charge >= 0.3 is 186 Å². The van der Waals surface area contributed by atoms with Crippen LogP contribution in [0, 0.1) is 0 Å². The van der Waals surface area contributed by atoms with E-state index in [9.17, 15) is 14.7 Å². The summed E-state index contributed by atoms with van der Waals surface area (Å²) in [5, 5.41) is 0.398. The van der Waals surface area contributed by atoms with Crippen molar-refractivity contribution in [2.24, 2.45) is 0 Å². The zero-order valence-electron chi connectivity index (χ0n) is 19.8. The molecule has 1 rings (SSSR count). The van der Waals surface area contributed by atoms with Crippen LogP contribution in [0.1, 0.15) is 122 Å². The van der Waals surface area contributed by atoms with E-state index in [0.29, 0.717) is 11.7 Å². The fraction of sp³-hybridized carbons (Fsp3) is 0.769. The van der Waals surface area contributed by atoms with Crippen LogP contribution in [-0.4, -0.2) is 20.8 Å². The Kier molecular flexibility index (Phi) is 14.1. The molecule has 0 amide bonds. The normalized spacial score (nSPS) is 13.3. The quantitative estimate of drug-likeness (QED) is 0.155. The first-order valence-electron chi connectivity index (χ1n) is 12.7. The second kappa shape index (κ2) is 15.4. The van der Waals surface area contributed by atoms with Crippen molar-refractivity contribution in [1.29, 1.82) is 0 Å². The molecule has 0 aromatic heterocycles. The molecule has 0 saturated carbocycles. The minimum atomic E-state index is -4.78. The van der Waals surface area contributed by atoms with Gasteiger partial charge in [-0.3, -0.25) is 0 Å². The molecule has 4 heteroatoms. The molecule has 0 heterocycles. The number of aryl methyl sites for hydroxylation is 1. The fourth-order valence-electron chi connectivity index (χ4n) is 4.28. The second-order valence-corrected chi connectivity index (χ2v) is 12.4. The van der Waals surface area contributed by atoms with Crippen LogP contribution in [0.3, 0.4) is 0 Å². The van der Waals surface area contributed by atoms with Gasteiger partial charge < -0.3 is 0 Å². The molecule has 0 radical (unpaired) electrons. The molecule has 0 bridgehead atoms. The molecule has 1 aromatic carbocycles. The van der Waals surface area contributed by atoms with Crippen molar-refractivity contribution in [3.05, 3.63) is 29.8 Å². The number of rotatable bonds is 19. The van der Waals surface area contributed by atoms with Crippen molar-refractivity contribution >= 4 is 12.6 Å². The molecule has 0 aliphatic carbocycles. The fourth-order valence-corrected chi connectivity index (χ4v) is 6.49. The molecule has 0 saturated heterocycles. The Morgan fingerprint density at radius 2 is 1.00 bits per heavy atom. The molecule has 0 aliphatic heterocycles. The van der Waals surface area contributed by atoms with E-state index in [-0.39, 0.29) is 6.16 Å². The molecule has 176 valence electrons. The summed E-state index contributed by atoms with van der Waals surface area (Å²) in [7, 11) is -4.78. The van der Waals surface area contributed by atoms with E-state index in [4.69, 9.17) is 0 Å². The van der Waals surface area contributed by atoms with E-state index < -0.39 is 7.28 Å². The van der Waals surface area contributed by atoms with E-state index in [1.165, 1.54) is 70.6 Å². The molecular weight excluding hydrogens is 391 g/mol. The summed E-state index contributed by atoms with van der Waals surface area (Å²) in [6, 6.07) is 7.42. The summed E-state index contributed by atoms with van der Waals surface area (Å²) >= 11 is 0. The Hall–Kier alpha value is -0.470. The summed E-state index contributed by atoms with van der Waals surface area (Å²) < 4.78 is 0. The average Bonchev–Trinajstić information content (AvgIpc) is 2.72. The van der Waals surface area contributed by atoms with Crippen LogP contribution in [0.2, 0.25) is 0 Å². The molecule has 0 aliphatic rings. The Balaban J connectivity index is 2.42. The third-order valence-electron chi connectivity index (χ3n) is 6.21. The number of hydrogen-bond acceptors (Lipinski definition) is 3. The van der Waals surface area contributed by atoms with E-state index in [2.05, 4.69) is 13.8 Å². The van der Waals surface area contributed by atoms with Gasteiger partial charge in [0.25, 0.3) is 0 Å². The first-order chi connectivity index (χ1) is 14.4. The van der Waals surface area contributed by atoms with E-state index in [1.54, 1.807) is 6.07 Å². The van der Waals surface area contributed by atoms with Crippen molar-refractivity contribution in [3.8, 4) is 0 Å². The van der Waals surface area contributed by atoms with Gasteiger partial charge in [0.15, 0.2) is 0 Å². The van der Waals surface area contributed by atoms with Crippen molar-refractivity contribution in [2.45, 2.75) is 123 Å². The molecule has 30 heavy (non-hydrogen) atoms. The predicted octanol–water partition coefficient (Wildman–Crippen LogP) is 7.41. The van der Waals surface area contributed by atoms with Gasteiger partial charge in [0.2, 0.25) is 0 Å². The number of benzene rings is 1. The topological polar surface area (TPSA) is 60.7 Å². The van der Waals surface area contributed by atoms with Crippen LogP contribution in [0.5, 0.6) is 0 Å². The maximum atomic E-state index is 10.9. The molecule has 3 N–H and O–H groups in total. The molecule has 0 spiro atoms. The van der Waals surface area contributed by atoms with Gasteiger partial charge in [0.1, 0.15) is 0 Å². The Morgan fingerprint density at radius 3 is 1.53 bits per heavy atom. The van der Waals surface area contributed by atoms with E-state index >= 15 is 0 Å². The van der Waals surface area contributed by atoms with Crippen molar-refractivity contribution in [3.63, 3.8) is 0 Å². The van der Waals surface area contributed by atoms with E-state index in [1.807, 2.05) is 18.2 Å². The third-order valence-corrected chi connectivity index (χ3v) is 8.77. The first-order valence-corrected chi connectivity index (χ1v) is 15.0. The van der Waals surface area contributed by atoms with Crippen LogP contribution in [0.25, 0.3) is 0 Å². The van der Waals surface area contributed by atoms with Crippen molar-refractivity contribution < 1.29 is 14.7 Å². The average molecular weight is 441 g/mol. The van der Waals surface area contributed by atoms with E-state index in [0.717, 1.165) is 37.7 Å². The molecular formula is C26H49O3P. The zero-order valence-corrected chi connectivity index (χ0v) is 20.7. The molecule has 0 fully saturated rings. The first kappa shape index (κ1) is 27.6. The van der Waals surface area contributed by atoms with Gasteiger partial charge in [0.05, 0.1) is 0 Å². The van der Waals surface area contributed by atoms with Gasteiger partial charge in [-0.05, 0) is 0 Å².